The molecule has 0 unspecified atom stereocenters. The van der Waals surface area contributed by atoms with Crippen molar-refractivity contribution < 1.29 is 4.74 Å². The van der Waals surface area contributed by atoms with Crippen LogP contribution in [0.25, 0.3) is 32.0 Å². The normalized spacial score (nSPS) is 13.8. The van der Waals surface area contributed by atoms with E-state index < -0.39 is 0 Å². The number of allylic oxidation sites excluding steroid dienone is 1. The maximum absolute atomic E-state index is 9.62. The maximum Gasteiger partial charge on any atom is 0.270 e. The van der Waals surface area contributed by atoms with E-state index in [2.05, 4.69) is 58.3 Å². The molecule has 0 atom stereocenters. The fourth-order valence-electron chi connectivity index (χ4n) is 5.16. The summed E-state index contributed by atoms with van der Waals surface area (Å²) >= 11 is 1.62. The van der Waals surface area contributed by atoms with Crippen molar-refractivity contribution >= 4 is 34.0 Å². The van der Waals surface area contributed by atoms with Gasteiger partial charge in [0.1, 0.15) is 5.69 Å². The highest BCUT2D eigenvalue weighted by Crippen LogP contribution is 2.56. The standard InChI is InChI=1S/C32H17N3OS/c1-34-26(19-33)31-23-12-6-5-11-22(23)25-17-20(15-16-24(25)31)30-18-28-32(37-30)36-29-14-8-7-13-27(29)35(28)21-9-3-2-4-10-21/h2-18H/b31-26-. The molecule has 1 aromatic heterocycles. The Hall–Kier alpha value is -5.10. The average Bonchev–Trinajstić information content (AvgIpc) is 3.52. The smallest absolute Gasteiger partial charge is 0.270 e. The first kappa shape index (κ1) is 21.2. The van der Waals surface area contributed by atoms with E-state index in [-0.39, 0.29) is 5.70 Å². The van der Waals surface area contributed by atoms with Crippen molar-refractivity contribution in [1.29, 1.82) is 5.26 Å². The van der Waals surface area contributed by atoms with E-state index in [0.717, 1.165) is 60.6 Å². The lowest BCUT2D eigenvalue weighted by Gasteiger charge is -2.30. The van der Waals surface area contributed by atoms with Crippen LogP contribution < -0.4 is 9.64 Å². The van der Waals surface area contributed by atoms with Crippen molar-refractivity contribution in [2.75, 3.05) is 4.90 Å². The molecular formula is C32H17N3OS. The van der Waals surface area contributed by atoms with Crippen LogP contribution in [0.3, 0.4) is 0 Å². The molecule has 5 aromatic rings. The average molecular weight is 492 g/mol. The Labute approximate surface area is 218 Å². The van der Waals surface area contributed by atoms with Gasteiger partial charge in [-0.05, 0) is 64.2 Å². The second kappa shape index (κ2) is 8.24. The van der Waals surface area contributed by atoms with E-state index in [1.807, 2.05) is 60.7 Å². The van der Waals surface area contributed by atoms with Crippen molar-refractivity contribution in [3.63, 3.8) is 0 Å². The molecule has 172 valence electrons. The van der Waals surface area contributed by atoms with Gasteiger partial charge in [0.15, 0.2) is 5.75 Å². The Morgan fingerprint density at radius 2 is 1.51 bits per heavy atom. The van der Waals surface area contributed by atoms with Crippen LogP contribution in [-0.4, -0.2) is 0 Å². The number of para-hydroxylation sites is 3. The van der Waals surface area contributed by atoms with E-state index >= 15 is 0 Å². The first-order valence-corrected chi connectivity index (χ1v) is 12.6. The molecule has 5 heteroatoms. The summed E-state index contributed by atoms with van der Waals surface area (Å²) in [5.41, 5.74) is 8.93. The molecule has 0 amide bonds. The van der Waals surface area contributed by atoms with Gasteiger partial charge in [-0.15, -0.1) is 0 Å². The molecular weight excluding hydrogens is 474 g/mol. The van der Waals surface area contributed by atoms with Gasteiger partial charge in [-0.1, -0.05) is 78.1 Å². The topological polar surface area (TPSA) is 40.6 Å². The molecule has 2 heterocycles. The molecule has 7 rings (SSSR count). The molecule has 0 bridgehead atoms. The lowest BCUT2D eigenvalue weighted by molar-refractivity contribution is 0.491. The zero-order valence-electron chi connectivity index (χ0n) is 19.5. The third-order valence-electron chi connectivity index (χ3n) is 6.76. The SMILES string of the molecule is [C-]#[N+]/C(C#N)=C1/c2ccccc2-c2cc(-c3cc4c(s3)Oc3ccccc3N4c3ccccc3)ccc21. The maximum atomic E-state index is 9.62. The molecule has 2 aliphatic rings. The van der Waals surface area contributed by atoms with Gasteiger partial charge >= 0.3 is 0 Å². The number of nitrogens with zero attached hydrogens (tertiary/aromatic N) is 3. The molecule has 1 aliphatic carbocycles. The predicted octanol–water partition coefficient (Wildman–Crippen LogP) is 9.17. The Morgan fingerprint density at radius 1 is 0.784 bits per heavy atom. The van der Waals surface area contributed by atoms with Gasteiger partial charge in [0.2, 0.25) is 5.06 Å². The number of rotatable bonds is 2. The lowest BCUT2D eigenvalue weighted by Crippen LogP contribution is -2.14. The first-order chi connectivity index (χ1) is 18.3. The lowest BCUT2D eigenvalue weighted by atomic mass is 10.0. The summed E-state index contributed by atoms with van der Waals surface area (Å²) in [4.78, 5) is 6.84. The highest BCUT2D eigenvalue weighted by molar-refractivity contribution is 7.18. The van der Waals surface area contributed by atoms with Crippen molar-refractivity contribution in [2.24, 2.45) is 0 Å². The molecule has 4 nitrogen and oxygen atoms in total. The van der Waals surface area contributed by atoms with Crippen LogP contribution in [0, 0.1) is 17.9 Å². The summed E-state index contributed by atoms with van der Waals surface area (Å²) in [6.07, 6.45) is 0. The van der Waals surface area contributed by atoms with Crippen molar-refractivity contribution in [2.45, 2.75) is 0 Å². The third-order valence-corrected chi connectivity index (χ3v) is 7.81. The van der Waals surface area contributed by atoms with E-state index in [1.54, 1.807) is 11.3 Å². The molecule has 0 radical (unpaired) electrons. The minimum Gasteiger partial charge on any atom is -0.442 e. The number of benzene rings is 4. The molecule has 0 saturated carbocycles. The van der Waals surface area contributed by atoms with Gasteiger partial charge in [0.05, 0.1) is 18.3 Å². The van der Waals surface area contributed by atoms with Crippen LogP contribution in [0.1, 0.15) is 11.1 Å². The van der Waals surface area contributed by atoms with Crippen LogP contribution in [0.15, 0.2) is 109 Å². The minimum absolute atomic E-state index is 0.121. The molecule has 1 aliphatic heterocycles. The second-order valence-corrected chi connectivity index (χ2v) is 9.79. The number of ether oxygens (including phenoxy) is 1. The summed E-state index contributed by atoms with van der Waals surface area (Å²) in [6, 6.07) is 36.9. The Morgan fingerprint density at radius 3 is 2.32 bits per heavy atom. The fourth-order valence-corrected chi connectivity index (χ4v) is 6.16. The Bertz CT molecular complexity index is 1820. The monoisotopic (exact) mass is 491 g/mol. The molecule has 0 saturated heterocycles. The number of fused-ring (bicyclic) bond motifs is 5. The van der Waals surface area contributed by atoms with Gasteiger partial charge in [0.25, 0.3) is 5.70 Å². The van der Waals surface area contributed by atoms with Crippen LogP contribution in [0.2, 0.25) is 0 Å². The highest BCUT2D eigenvalue weighted by atomic mass is 32.1. The fraction of sp³-hybridized carbons (Fsp3) is 0. The number of nitriles is 1. The van der Waals surface area contributed by atoms with Gasteiger partial charge in [-0.3, -0.25) is 0 Å². The summed E-state index contributed by atoms with van der Waals surface area (Å²) in [6.45, 7) is 7.53. The Balaban J connectivity index is 1.39. The van der Waals surface area contributed by atoms with Crippen molar-refractivity contribution in [3.05, 3.63) is 131 Å². The predicted molar refractivity (Wildman–Crippen MR) is 148 cm³/mol. The van der Waals surface area contributed by atoms with Crippen LogP contribution >= 0.6 is 11.3 Å². The summed E-state index contributed by atoms with van der Waals surface area (Å²) in [7, 11) is 0. The number of anilines is 3. The zero-order valence-corrected chi connectivity index (χ0v) is 20.3. The molecule has 37 heavy (non-hydrogen) atoms. The molecule has 0 fully saturated rings. The van der Waals surface area contributed by atoms with Crippen LogP contribution in [-0.2, 0) is 0 Å². The summed E-state index contributed by atoms with van der Waals surface area (Å²) in [5.74, 6) is 0.827. The van der Waals surface area contributed by atoms with E-state index in [0.29, 0.717) is 5.57 Å². The molecule has 4 aromatic carbocycles. The van der Waals surface area contributed by atoms with Gasteiger partial charge in [-0.2, -0.15) is 0 Å². The van der Waals surface area contributed by atoms with E-state index in [1.165, 1.54) is 0 Å². The largest absolute Gasteiger partial charge is 0.442 e. The number of thiophene rings is 1. The van der Waals surface area contributed by atoms with Gasteiger partial charge in [-0.25, -0.2) is 10.1 Å². The van der Waals surface area contributed by atoms with Crippen LogP contribution in [0.5, 0.6) is 10.8 Å². The highest BCUT2D eigenvalue weighted by Gasteiger charge is 2.30. The quantitative estimate of drug-likeness (QED) is 0.179. The molecule has 0 N–H and O–H groups in total. The first-order valence-electron chi connectivity index (χ1n) is 11.8. The Kier molecular flexibility index (Phi) is 4.72. The van der Waals surface area contributed by atoms with Gasteiger partial charge in [0, 0.05) is 16.1 Å². The zero-order chi connectivity index (χ0) is 24.9. The van der Waals surface area contributed by atoms with E-state index in [9.17, 15) is 5.26 Å². The van der Waals surface area contributed by atoms with Gasteiger partial charge < -0.3 is 9.64 Å². The minimum atomic E-state index is 0.121. The van der Waals surface area contributed by atoms with E-state index in [4.69, 9.17) is 11.3 Å². The molecule has 0 spiro atoms. The number of hydrogen-bond acceptors (Lipinski definition) is 4. The van der Waals surface area contributed by atoms with Crippen molar-refractivity contribution in [3.8, 4) is 38.4 Å². The number of hydrogen-bond donors (Lipinski definition) is 0. The second-order valence-electron chi connectivity index (χ2n) is 8.78. The summed E-state index contributed by atoms with van der Waals surface area (Å²) in [5, 5.41) is 10.5. The van der Waals surface area contributed by atoms with Crippen LogP contribution in [0.4, 0.5) is 17.1 Å². The third kappa shape index (κ3) is 3.19. The summed E-state index contributed by atoms with van der Waals surface area (Å²) < 4.78 is 6.36. The van der Waals surface area contributed by atoms with Crippen molar-refractivity contribution in [1.82, 2.24) is 0 Å².